The van der Waals surface area contributed by atoms with Crippen LogP contribution in [0.5, 0.6) is 0 Å². The van der Waals surface area contributed by atoms with Crippen molar-refractivity contribution in [2.75, 3.05) is 13.7 Å². The average Bonchev–Trinajstić information content (AvgIpc) is 3.48. The summed E-state index contributed by atoms with van der Waals surface area (Å²) in [6.07, 6.45) is 5.62. The number of nitrogens with one attached hydrogen (secondary N) is 1. The van der Waals surface area contributed by atoms with Crippen LogP contribution in [0.2, 0.25) is 0 Å². The number of fused-ring (bicyclic) bond motifs is 1. The molecule has 1 aliphatic rings. The van der Waals surface area contributed by atoms with Gasteiger partial charge in [-0.15, -0.1) is 0 Å². The van der Waals surface area contributed by atoms with Crippen molar-refractivity contribution in [3.05, 3.63) is 65.4 Å². The Hall–Kier alpha value is -2.17. The zero-order valence-corrected chi connectivity index (χ0v) is 16.2. The molecule has 4 nitrogen and oxygen atoms in total. The van der Waals surface area contributed by atoms with Crippen molar-refractivity contribution < 1.29 is 4.74 Å². The third-order valence-corrected chi connectivity index (χ3v) is 5.28. The molecule has 27 heavy (non-hydrogen) atoms. The highest BCUT2D eigenvalue weighted by atomic mass is 16.5. The number of aromatic nitrogens is 2. The van der Waals surface area contributed by atoms with Gasteiger partial charge in [0.15, 0.2) is 0 Å². The van der Waals surface area contributed by atoms with E-state index in [-0.39, 0.29) is 0 Å². The van der Waals surface area contributed by atoms with E-state index in [1.54, 1.807) is 7.11 Å². The van der Waals surface area contributed by atoms with Crippen molar-refractivity contribution in [3.8, 4) is 0 Å². The summed E-state index contributed by atoms with van der Waals surface area (Å²) in [4.78, 5) is 0. The van der Waals surface area contributed by atoms with Gasteiger partial charge in [0.2, 0.25) is 0 Å². The first-order chi connectivity index (χ1) is 13.3. The molecule has 2 aromatic carbocycles. The number of nitrogens with zero attached hydrogens (tertiary/aromatic N) is 2. The van der Waals surface area contributed by atoms with Crippen molar-refractivity contribution >= 4 is 10.9 Å². The Balaban J connectivity index is 1.55. The third kappa shape index (κ3) is 4.76. The molecule has 3 aromatic rings. The summed E-state index contributed by atoms with van der Waals surface area (Å²) in [5, 5.41) is 9.87. The Morgan fingerprint density at radius 3 is 2.70 bits per heavy atom. The van der Waals surface area contributed by atoms with Crippen molar-refractivity contribution in [3.63, 3.8) is 0 Å². The summed E-state index contributed by atoms with van der Waals surface area (Å²) in [6.45, 7) is 2.61. The van der Waals surface area contributed by atoms with Crippen LogP contribution in [0.1, 0.15) is 36.1 Å². The summed E-state index contributed by atoms with van der Waals surface area (Å²) >= 11 is 0. The Kier molecular flexibility index (Phi) is 5.85. The lowest BCUT2D eigenvalue weighted by atomic mass is 10.0. The predicted molar refractivity (Wildman–Crippen MR) is 110 cm³/mol. The highest BCUT2D eigenvalue weighted by Gasteiger charge is 2.20. The molecular weight excluding hydrogens is 334 g/mol. The molecule has 0 saturated heterocycles. The number of rotatable bonds is 10. The molecule has 0 amide bonds. The standard InChI is InChI=1S/C23H29N3O/c1-27-15-5-14-26-23-16-19(17-24-20-10-11-20)8-12-21(23)22(25-26)13-9-18-6-3-2-4-7-18/h2-4,6-8,12,16,20,24H,5,9-11,13-15,17H2,1H3. The summed E-state index contributed by atoms with van der Waals surface area (Å²) in [6, 6.07) is 18.2. The van der Waals surface area contributed by atoms with Gasteiger partial charge in [0.1, 0.15) is 0 Å². The van der Waals surface area contributed by atoms with Gasteiger partial charge in [-0.3, -0.25) is 4.68 Å². The van der Waals surface area contributed by atoms with Crippen molar-refractivity contribution in [2.24, 2.45) is 0 Å². The topological polar surface area (TPSA) is 39.1 Å². The number of benzene rings is 2. The van der Waals surface area contributed by atoms with Gasteiger partial charge in [-0.05, 0) is 49.3 Å². The SMILES string of the molecule is COCCCn1nc(CCc2ccccc2)c2ccc(CNC3CC3)cc21. The molecule has 0 radical (unpaired) electrons. The summed E-state index contributed by atoms with van der Waals surface area (Å²) in [7, 11) is 1.76. The molecule has 0 unspecified atom stereocenters. The first kappa shape index (κ1) is 18.2. The second kappa shape index (κ2) is 8.68. The molecule has 1 N–H and O–H groups in total. The van der Waals surface area contributed by atoms with Crippen LogP contribution in [0.3, 0.4) is 0 Å². The fraction of sp³-hybridized carbons (Fsp3) is 0.435. The maximum atomic E-state index is 5.23. The zero-order chi connectivity index (χ0) is 18.5. The summed E-state index contributed by atoms with van der Waals surface area (Å²) < 4.78 is 7.41. The van der Waals surface area contributed by atoms with E-state index in [1.165, 1.54) is 40.6 Å². The molecule has 0 spiro atoms. The first-order valence-electron chi connectivity index (χ1n) is 10.1. The number of ether oxygens (including phenoxy) is 1. The Morgan fingerprint density at radius 2 is 1.93 bits per heavy atom. The van der Waals surface area contributed by atoms with Gasteiger partial charge in [-0.25, -0.2) is 0 Å². The van der Waals surface area contributed by atoms with Gasteiger partial charge < -0.3 is 10.1 Å². The maximum absolute atomic E-state index is 5.23. The van der Waals surface area contributed by atoms with Gasteiger partial charge in [0, 0.05) is 38.2 Å². The predicted octanol–water partition coefficient (Wildman–Crippen LogP) is 4.11. The molecule has 4 heteroatoms. The van der Waals surface area contributed by atoms with Crippen LogP contribution in [0.4, 0.5) is 0 Å². The van der Waals surface area contributed by atoms with E-state index in [9.17, 15) is 0 Å². The zero-order valence-electron chi connectivity index (χ0n) is 16.2. The Bertz CT molecular complexity index is 868. The Labute approximate surface area is 161 Å². The molecule has 1 fully saturated rings. The maximum Gasteiger partial charge on any atom is 0.0706 e. The second-order valence-corrected chi connectivity index (χ2v) is 7.51. The van der Waals surface area contributed by atoms with E-state index in [4.69, 9.17) is 9.84 Å². The van der Waals surface area contributed by atoms with Gasteiger partial charge in [0.25, 0.3) is 0 Å². The smallest absolute Gasteiger partial charge is 0.0706 e. The largest absolute Gasteiger partial charge is 0.385 e. The van der Waals surface area contributed by atoms with Crippen molar-refractivity contribution in [1.29, 1.82) is 0 Å². The fourth-order valence-corrected chi connectivity index (χ4v) is 3.57. The molecule has 142 valence electrons. The lowest BCUT2D eigenvalue weighted by molar-refractivity contribution is 0.189. The van der Waals surface area contributed by atoms with Crippen LogP contribution >= 0.6 is 0 Å². The number of aryl methyl sites for hydroxylation is 3. The molecule has 0 atom stereocenters. The van der Waals surface area contributed by atoms with E-state index in [0.29, 0.717) is 0 Å². The molecule has 1 aromatic heterocycles. The molecule has 1 heterocycles. The first-order valence-corrected chi connectivity index (χ1v) is 10.1. The lowest BCUT2D eigenvalue weighted by Gasteiger charge is -2.06. The number of hydrogen-bond acceptors (Lipinski definition) is 3. The molecule has 0 aliphatic heterocycles. The highest BCUT2D eigenvalue weighted by molar-refractivity contribution is 5.82. The van der Waals surface area contributed by atoms with Gasteiger partial charge in [-0.2, -0.15) is 5.10 Å². The Morgan fingerprint density at radius 1 is 1.07 bits per heavy atom. The normalized spacial score (nSPS) is 14.1. The second-order valence-electron chi connectivity index (χ2n) is 7.51. The highest BCUT2D eigenvalue weighted by Crippen LogP contribution is 2.24. The minimum absolute atomic E-state index is 0.730. The lowest BCUT2D eigenvalue weighted by Crippen LogP contribution is -2.15. The molecule has 0 bridgehead atoms. The van der Waals surface area contributed by atoms with Crippen LogP contribution in [0, 0.1) is 0 Å². The van der Waals surface area contributed by atoms with Gasteiger partial charge in [0.05, 0.1) is 11.2 Å². The van der Waals surface area contributed by atoms with Crippen LogP contribution in [0.15, 0.2) is 48.5 Å². The van der Waals surface area contributed by atoms with Gasteiger partial charge in [-0.1, -0.05) is 42.5 Å². The van der Waals surface area contributed by atoms with Crippen LogP contribution in [0.25, 0.3) is 10.9 Å². The van der Waals surface area contributed by atoms with E-state index < -0.39 is 0 Å². The van der Waals surface area contributed by atoms with E-state index in [2.05, 4.69) is 58.5 Å². The van der Waals surface area contributed by atoms with Gasteiger partial charge >= 0.3 is 0 Å². The molecule has 4 rings (SSSR count). The summed E-state index contributed by atoms with van der Waals surface area (Å²) in [5.41, 5.74) is 5.17. The fourth-order valence-electron chi connectivity index (χ4n) is 3.57. The third-order valence-electron chi connectivity index (χ3n) is 5.28. The van der Waals surface area contributed by atoms with Crippen LogP contribution in [-0.2, 0) is 30.7 Å². The van der Waals surface area contributed by atoms with Crippen LogP contribution < -0.4 is 5.32 Å². The number of hydrogen-bond donors (Lipinski definition) is 1. The van der Waals surface area contributed by atoms with Crippen LogP contribution in [-0.4, -0.2) is 29.5 Å². The average molecular weight is 364 g/mol. The number of methoxy groups -OCH3 is 1. The van der Waals surface area contributed by atoms with E-state index in [0.717, 1.165) is 45.0 Å². The minimum Gasteiger partial charge on any atom is -0.385 e. The van der Waals surface area contributed by atoms with Crippen molar-refractivity contribution in [2.45, 2.75) is 51.2 Å². The summed E-state index contributed by atoms with van der Waals surface area (Å²) in [5.74, 6) is 0. The monoisotopic (exact) mass is 363 g/mol. The van der Waals surface area contributed by atoms with Crippen molar-refractivity contribution in [1.82, 2.24) is 15.1 Å². The quantitative estimate of drug-likeness (QED) is 0.551. The molecule has 1 aliphatic carbocycles. The minimum atomic E-state index is 0.730. The van der Waals surface area contributed by atoms with E-state index >= 15 is 0 Å². The molecular formula is C23H29N3O. The van der Waals surface area contributed by atoms with E-state index in [1.807, 2.05) is 0 Å². The molecule has 1 saturated carbocycles.